The third-order valence-electron chi connectivity index (χ3n) is 4.05. The monoisotopic (exact) mass is 411 g/mol. The van der Waals surface area contributed by atoms with Crippen LogP contribution in [0.4, 0.5) is 5.69 Å². The van der Waals surface area contributed by atoms with E-state index >= 15 is 0 Å². The van der Waals surface area contributed by atoms with Crippen LogP contribution in [0.3, 0.4) is 0 Å². The van der Waals surface area contributed by atoms with Crippen LogP contribution in [0, 0.1) is 18.3 Å². The second-order valence-electron chi connectivity index (χ2n) is 6.06. The average molecular weight is 412 g/mol. The Morgan fingerprint density at radius 1 is 1.25 bits per heavy atom. The lowest BCUT2D eigenvalue weighted by atomic mass is 10.1. The van der Waals surface area contributed by atoms with Gasteiger partial charge in [0.2, 0.25) is 5.91 Å². The van der Waals surface area contributed by atoms with Crippen LogP contribution >= 0.6 is 23.4 Å². The van der Waals surface area contributed by atoms with Gasteiger partial charge in [0.15, 0.2) is 11.0 Å². The van der Waals surface area contributed by atoms with E-state index in [1.165, 1.54) is 17.3 Å². The normalized spacial score (nSPS) is 10.5. The Morgan fingerprint density at radius 2 is 2.00 bits per heavy atom. The van der Waals surface area contributed by atoms with Crippen molar-refractivity contribution in [2.45, 2.75) is 25.5 Å². The topological polar surface area (TPSA) is 83.6 Å². The first-order valence-electron chi connectivity index (χ1n) is 8.64. The highest BCUT2D eigenvalue weighted by atomic mass is 35.5. The highest BCUT2D eigenvalue weighted by Crippen LogP contribution is 2.25. The van der Waals surface area contributed by atoms with E-state index in [0.29, 0.717) is 28.0 Å². The molecule has 8 heteroatoms. The Balaban J connectivity index is 1.71. The fraction of sp³-hybridized carbons (Fsp3) is 0.200. The molecule has 6 nitrogen and oxygen atoms in total. The van der Waals surface area contributed by atoms with Gasteiger partial charge in [0.05, 0.1) is 17.0 Å². The zero-order chi connectivity index (χ0) is 20.1. The largest absolute Gasteiger partial charge is 0.324 e. The number of aromatic nitrogens is 3. The van der Waals surface area contributed by atoms with Gasteiger partial charge in [0.1, 0.15) is 6.07 Å². The number of carbonyl (C=O) groups excluding carboxylic acids is 1. The molecule has 1 heterocycles. The highest BCUT2D eigenvalue weighted by molar-refractivity contribution is 7.99. The van der Waals surface area contributed by atoms with Crippen LogP contribution < -0.4 is 5.32 Å². The van der Waals surface area contributed by atoms with Gasteiger partial charge in [-0.3, -0.25) is 4.79 Å². The molecule has 0 bridgehead atoms. The number of rotatable bonds is 6. The first kappa shape index (κ1) is 19.9. The molecular formula is C20H18ClN5OS. The number of amides is 1. The summed E-state index contributed by atoms with van der Waals surface area (Å²) in [6.07, 6.45) is 0. The Labute approximate surface area is 172 Å². The van der Waals surface area contributed by atoms with Gasteiger partial charge in [-0.15, -0.1) is 10.2 Å². The molecule has 142 valence electrons. The molecule has 0 saturated carbocycles. The number of hydrogen-bond donors (Lipinski definition) is 1. The summed E-state index contributed by atoms with van der Waals surface area (Å²) in [5, 5.41) is 21.5. The smallest absolute Gasteiger partial charge is 0.234 e. The third kappa shape index (κ3) is 4.53. The molecule has 28 heavy (non-hydrogen) atoms. The molecule has 0 aliphatic carbocycles. The standard InChI is InChI=1S/C20H18ClN5OS/c1-3-26-19(14-6-4-13(2)5-7-14)24-25-20(26)28-12-18(27)23-17-10-16(21)9-8-15(17)11-22/h4-10H,3,12H2,1-2H3,(H,23,27). The zero-order valence-corrected chi connectivity index (χ0v) is 17.0. The first-order valence-corrected chi connectivity index (χ1v) is 10.0. The molecule has 0 fully saturated rings. The Kier molecular flexibility index (Phi) is 6.34. The van der Waals surface area contributed by atoms with Crippen molar-refractivity contribution in [1.82, 2.24) is 14.8 Å². The minimum absolute atomic E-state index is 0.142. The van der Waals surface area contributed by atoms with Crippen molar-refractivity contribution < 1.29 is 4.79 Å². The maximum absolute atomic E-state index is 12.3. The molecule has 2 aromatic carbocycles. The van der Waals surface area contributed by atoms with Crippen molar-refractivity contribution in [3.8, 4) is 17.5 Å². The summed E-state index contributed by atoms with van der Waals surface area (Å²) in [5.74, 6) is 0.668. The minimum atomic E-state index is -0.244. The predicted molar refractivity (Wildman–Crippen MR) is 111 cm³/mol. The molecular weight excluding hydrogens is 394 g/mol. The van der Waals surface area contributed by atoms with Crippen LogP contribution in [0.2, 0.25) is 5.02 Å². The Bertz CT molecular complexity index is 1040. The van der Waals surface area contributed by atoms with Gasteiger partial charge in [-0.1, -0.05) is 53.2 Å². The molecule has 0 spiro atoms. The van der Waals surface area contributed by atoms with Crippen molar-refractivity contribution >= 4 is 35.0 Å². The quantitative estimate of drug-likeness (QED) is 0.602. The van der Waals surface area contributed by atoms with Gasteiger partial charge >= 0.3 is 0 Å². The summed E-state index contributed by atoms with van der Waals surface area (Å²) in [4.78, 5) is 12.3. The van der Waals surface area contributed by atoms with E-state index in [2.05, 4.69) is 15.5 Å². The SMILES string of the molecule is CCn1c(SCC(=O)Nc2cc(Cl)ccc2C#N)nnc1-c1ccc(C)cc1. The van der Waals surface area contributed by atoms with E-state index < -0.39 is 0 Å². The number of hydrogen-bond acceptors (Lipinski definition) is 5. The van der Waals surface area contributed by atoms with Crippen molar-refractivity contribution in [3.63, 3.8) is 0 Å². The van der Waals surface area contributed by atoms with E-state index in [4.69, 9.17) is 16.9 Å². The van der Waals surface area contributed by atoms with E-state index in [1.807, 2.05) is 48.7 Å². The summed E-state index contributed by atoms with van der Waals surface area (Å²) in [7, 11) is 0. The van der Waals surface area contributed by atoms with E-state index in [1.54, 1.807) is 18.2 Å². The Hall–Kier alpha value is -2.82. The second kappa shape index (κ2) is 8.91. The molecule has 0 radical (unpaired) electrons. The molecule has 1 amide bonds. The van der Waals surface area contributed by atoms with E-state index in [0.717, 1.165) is 11.4 Å². The number of benzene rings is 2. The summed E-state index contributed by atoms with van der Waals surface area (Å²) >= 11 is 7.25. The molecule has 0 atom stereocenters. The fourth-order valence-electron chi connectivity index (χ4n) is 2.63. The summed E-state index contributed by atoms with van der Waals surface area (Å²) in [6.45, 7) is 4.73. The molecule has 0 aliphatic rings. The number of aryl methyl sites for hydroxylation is 1. The highest BCUT2D eigenvalue weighted by Gasteiger charge is 2.15. The number of anilines is 1. The van der Waals surface area contributed by atoms with Crippen molar-refractivity contribution in [2.24, 2.45) is 0 Å². The Morgan fingerprint density at radius 3 is 2.68 bits per heavy atom. The van der Waals surface area contributed by atoms with E-state index in [9.17, 15) is 4.79 Å². The predicted octanol–water partition coefficient (Wildman–Crippen LogP) is 4.53. The molecule has 0 aliphatic heterocycles. The van der Waals surface area contributed by atoms with Gasteiger partial charge < -0.3 is 9.88 Å². The van der Waals surface area contributed by atoms with Crippen LogP contribution in [0.1, 0.15) is 18.1 Å². The van der Waals surface area contributed by atoms with Gasteiger partial charge in [-0.25, -0.2) is 0 Å². The first-order chi connectivity index (χ1) is 13.5. The van der Waals surface area contributed by atoms with Gasteiger partial charge in [0, 0.05) is 17.1 Å². The van der Waals surface area contributed by atoms with Crippen LogP contribution in [0.5, 0.6) is 0 Å². The van der Waals surface area contributed by atoms with Crippen molar-refractivity contribution in [2.75, 3.05) is 11.1 Å². The average Bonchev–Trinajstić information content (AvgIpc) is 3.10. The van der Waals surface area contributed by atoms with Crippen LogP contribution in [0.25, 0.3) is 11.4 Å². The fourth-order valence-corrected chi connectivity index (χ4v) is 3.60. The van der Waals surface area contributed by atoms with E-state index in [-0.39, 0.29) is 11.7 Å². The number of nitrogens with zero attached hydrogens (tertiary/aromatic N) is 4. The molecule has 0 unspecified atom stereocenters. The molecule has 3 rings (SSSR count). The molecule has 1 aromatic heterocycles. The number of halogens is 1. The van der Waals surface area contributed by atoms with Crippen LogP contribution in [0.15, 0.2) is 47.6 Å². The number of carbonyl (C=O) groups is 1. The van der Waals surface area contributed by atoms with Gasteiger partial charge in [-0.2, -0.15) is 5.26 Å². The summed E-state index contributed by atoms with van der Waals surface area (Å²) in [5.41, 5.74) is 2.92. The van der Waals surface area contributed by atoms with Gasteiger partial charge in [-0.05, 0) is 32.0 Å². The molecule has 3 aromatic rings. The second-order valence-corrected chi connectivity index (χ2v) is 7.43. The van der Waals surface area contributed by atoms with Crippen LogP contribution in [-0.2, 0) is 11.3 Å². The lowest BCUT2D eigenvalue weighted by Gasteiger charge is -2.09. The maximum atomic E-state index is 12.3. The van der Waals surface area contributed by atoms with Crippen molar-refractivity contribution in [3.05, 3.63) is 58.6 Å². The van der Waals surface area contributed by atoms with Crippen molar-refractivity contribution in [1.29, 1.82) is 5.26 Å². The number of thioether (sulfide) groups is 1. The minimum Gasteiger partial charge on any atom is -0.324 e. The number of nitrogens with one attached hydrogen (secondary N) is 1. The lowest BCUT2D eigenvalue weighted by molar-refractivity contribution is -0.113. The zero-order valence-electron chi connectivity index (χ0n) is 15.4. The van der Waals surface area contributed by atoms with Gasteiger partial charge in [0.25, 0.3) is 0 Å². The lowest BCUT2D eigenvalue weighted by Crippen LogP contribution is -2.15. The molecule has 0 saturated heterocycles. The third-order valence-corrected chi connectivity index (χ3v) is 5.25. The molecule has 1 N–H and O–H groups in total. The summed E-state index contributed by atoms with van der Waals surface area (Å²) in [6, 6.07) is 14.9. The maximum Gasteiger partial charge on any atom is 0.234 e. The number of nitriles is 1. The van der Waals surface area contributed by atoms with Crippen LogP contribution in [-0.4, -0.2) is 26.4 Å². The summed E-state index contributed by atoms with van der Waals surface area (Å²) < 4.78 is 1.97.